The van der Waals surface area contributed by atoms with Gasteiger partial charge in [0.2, 0.25) is 11.8 Å². The second-order valence-electron chi connectivity index (χ2n) is 8.89. The lowest BCUT2D eigenvalue weighted by atomic mass is 9.93. The summed E-state index contributed by atoms with van der Waals surface area (Å²) in [6.07, 6.45) is -1.21. The number of thioether (sulfide) groups is 1. The van der Waals surface area contributed by atoms with Gasteiger partial charge in [0.15, 0.2) is 10.0 Å². The first kappa shape index (κ1) is 22.7. The maximum absolute atomic E-state index is 13.2. The molecule has 0 aliphatic carbocycles. The van der Waals surface area contributed by atoms with Crippen molar-refractivity contribution >= 4 is 34.8 Å². The highest BCUT2D eigenvalue weighted by molar-refractivity contribution is 8.14. The number of amides is 3. The Kier molecular flexibility index (Phi) is 6.32. The van der Waals surface area contributed by atoms with E-state index in [1.807, 2.05) is 30.3 Å². The first-order valence-corrected chi connectivity index (χ1v) is 10.0. The van der Waals surface area contributed by atoms with E-state index in [1.54, 1.807) is 41.5 Å². The van der Waals surface area contributed by atoms with Crippen molar-refractivity contribution in [3.63, 3.8) is 0 Å². The fraction of sp³-hybridized carbons (Fsp3) is 0.500. The van der Waals surface area contributed by atoms with E-state index in [9.17, 15) is 19.5 Å². The van der Waals surface area contributed by atoms with Gasteiger partial charge in [-0.3, -0.25) is 9.59 Å². The average molecular weight is 421 g/mol. The molecule has 0 saturated heterocycles. The molecular weight excluding hydrogens is 392 g/mol. The molecule has 0 bridgehead atoms. The Labute approximate surface area is 175 Å². The van der Waals surface area contributed by atoms with E-state index in [0.29, 0.717) is 5.56 Å². The summed E-state index contributed by atoms with van der Waals surface area (Å²) in [4.78, 5) is 35.8. The second kappa shape index (κ2) is 8.06. The highest BCUT2D eigenvalue weighted by Crippen LogP contribution is 2.46. The van der Waals surface area contributed by atoms with Gasteiger partial charge in [-0.15, -0.1) is 5.10 Å². The summed E-state index contributed by atoms with van der Waals surface area (Å²) in [6, 6.07) is 9.07. The number of amidine groups is 1. The number of carbonyl (C=O) groups excluding carboxylic acids is 2. The van der Waals surface area contributed by atoms with Crippen molar-refractivity contribution in [2.45, 2.75) is 46.4 Å². The number of hydrogen-bond acceptors (Lipinski definition) is 5. The highest BCUT2D eigenvalue weighted by atomic mass is 32.2. The number of carboxylic acid groups (broad SMARTS) is 1. The van der Waals surface area contributed by atoms with Gasteiger partial charge in [0, 0.05) is 10.8 Å². The topological polar surface area (TPSA) is 111 Å². The van der Waals surface area contributed by atoms with Crippen LogP contribution in [0.25, 0.3) is 0 Å². The van der Waals surface area contributed by atoms with Crippen LogP contribution in [0.15, 0.2) is 35.4 Å². The van der Waals surface area contributed by atoms with Gasteiger partial charge < -0.3 is 15.7 Å². The summed E-state index contributed by atoms with van der Waals surface area (Å²) in [5, 5.41) is 20.3. The Morgan fingerprint density at radius 1 is 1.07 bits per heavy atom. The highest BCUT2D eigenvalue weighted by Gasteiger charge is 2.51. The molecule has 0 saturated carbocycles. The van der Waals surface area contributed by atoms with Crippen LogP contribution in [-0.4, -0.2) is 39.7 Å². The minimum absolute atomic E-state index is 0.1000. The van der Waals surface area contributed by atoms with E-state index in [2.05, 4.69) is 15.7 Å². The SMILES string of the molecule is CC(C)(C)C(=O)NC1=NN(C(=O)C(C)(C)C)C(CNC(=O)O)(c2ccccc2)S1. The van der Waals surface area contributed by atoms with Crippen LogP contribution in [0.1, 0.15) is 47.1 Å². The first-order chi connectivity index (χ1) is 13.3. The molecule has 8 nitrogen and oxygen atoms in total. The van der Waals surface area contributed by atoms with E-state index in [0.717, 1.165) is 11.8 Å². The fourth-order valence-electron chi connectivity index (χ4n) is 2.55. The van der Waals surface area contributed by atoms with Crippen LogP contribution in [0.3, 0.4) is 0 Å². The van der Waals surface area contributed by atoms with Crippen molar-refractivity contribution < 1.29 is 19.5 Å². The summed E-state index contributed by atoms with van der Waals surface area (Å²) >= 11 is 1.15. The number of benzene rings is 1. The third-order valence-electron chi connectivity index (χ3n) is 4.24. The lowest BCUT2D eigenvalue weighted by Gasteiger charge is -2.38. The van der Waals surface area contributed by atoms with Crippen molar-refractivity contribution in [3.8, 4) is 0 Å². The zero-order valence-electron chi connectivity index (χ0n) is 17.6. The van der Waals surface area contributed by atoms with Crippen LogP contribution < -0.4 is 10.6 Å². The molecule has 158 valence electrons. The zero-order chi connectivity index (χ0) is 22.0. The molecule has 3 amide bonds. The minimum atomic E-state index is -1.21. The molecule has 0 spiro atoms. The van der Waals surface area contributed by atoms with Crippen molar-refractivity contribution in [1.82, 2.24) is 15.6 Å². The van der Waals surface area contributed by atoms with E-state index in [-0.39, 0.29) is 23.5 Å². The summed E-state index contributed by atoms with van der Waals surface area (Å²) in [6.45, 7) is 10.5. The van der Waals surface area contributed by atoms with Crippen LogP contribution in [0.2, 0.25) is 0 Å². The van der Waals surface area contributed by atoms with E-state index in [4.69, 9.17) is 0 Å². The van der Waals surface area contributed by atoms with Crippen LogP contribution in [-0.2, 0) is 14.5 Å². The van der Waals surface area contributed by atoms with Crippen LogP contribution in [0, 0.1) is 10.8 Å². The average Bonchev–Trinajstić information content (AvgIpc) is 2.97. The van der Waals surface area contributed by atoms with E-state index >= 15 is 0 Å². The third kappa shape index (κ3) is 5.09. The molecule has 1 aliphatic heterocycles. The molecule has 29 heavy (non-hydrogen) atoms. The molecule has 1 unspecified atom stereocenters. The second-order valence-corrected chi connectivity index (χ2v) is 10.2. The molecule has 0 aromatic heterocycles. The number of nitrogens with one attached hydrogen (secondary N) is 2. The van der Waals surface area contributed by atoms with Gasteiger partial charge in [0.05, 0.1) is 6.54 Å². The molecule has 9 heteroatoms. The lowest BCUT2D eigenvalue weighted by molar-refractivity contribution is -0.143. The Hall–Kier alpha value is -2.55. The van der Waals surface area contributed by atoms with Crippen molar-refractivity contribution in [1.29, 1.82) is 0 Å². The third-order valence-corrected chi connectivity index (χ3v) is 5.51. The van der Waals surface area contributed by atoms with Gasteiger partial charge >= 0.3 is 6.09 Å². The van der Waals surface area contributed by atoms with E-state index < -0.39 is 21.8 Å². The summed E-state index contributed by atoms with van der Waals surface area (Å²) < 4.78 is 0. The Morgan fingerprint density at radius 2 is 1.66 bits per heavy atom. The first-order valence-electron chi connectivity index (χ1n) is 9.23. The summed E-state index contributed by atoms with van der Waals surface area (Å²) in [7, 11) is 0. The van der Waals surface area contributed by atoms with Gasteiger partial charge in [-0.1, -0.05) is 71.9 Å². The number of nitrogens with zero attached hydrogens (tertiary/aromatic N) is 2. The molecule has 1 atom stereocenters. The molecule has 1 aromatic rings. The number of carbonyl (C=O) groups is 3. The van der Waals surface area contributed by atoms with Crippen LogP contribution >= 0.6 is 11.8 Å². The predicted octanol–water partition coefficient (Wildman–Crippen LogP) is 3.16. The van der Waals surface area contributed by atoms with Gasteiger partial charge in [0.1, 0.15) is 0 Å². The Morgan fingerprint density at radius 3 is 2.14 bits per heavy atom. The van der Waals surface area contributed by atoms with Crippen LogP contribution in [0.4, 0.5) is 4.79 Å². The molecule has 2 rings (SSSR count). The smallest absolute Gasteiger partial charge is 0.404 e. The van der Waals surface area contributed by atoms with Crippen molar-refractivity contribution in [2.75, 3.05) is 6.54 Å². The molecule has 1 aromatic carbocycles. The van der Waals surface area contributed by atoms with Crippen molar-refractivity contribution in [3.05, 3.63) is 35.9 Å². The molecule has 0 radical (unpaired) electrons. The fourth-order valence-corrected chi connectivity index (χ4v) is 3.74. The Balaban J connectivity index is 2.55. The molecule has 0 fully saturated rings. The number of hydrazone groups is 1. The van der Waals surface area contributed by atoms with Gasteiger partial charge in [-0.2, -0.15) is 0 Å². The van der Waals surface area contributed by atoms with Gasteiger partial charge in [0.25, 0.3) is 0 Å². The molecule has 1 aliphatic rings. The molecule has 1 heterocycles. The monoisotopic (exact) mass is 420 g/mol. The summed E-state index contributed by atoms with van der Waals surface area (Å²) in [5.41, 5.74) is -0.726. The minimum Gasteiger partial charge on any atom is -0.465 e. The summed E-state index contributed by atoms with van der Waals surface area (Å²) in [5.74, 6) is -0.539. The van der Waals surface area contributed by atoms with Gasteiger partial charge in [-0.25, -0.2) is 9.80 Å². The Bertz CT molecular complexity index is 827. The number of hydrogen-bond donors (Lipinski definition) is 3. The molecular formula is C20H28N4O4S. The van der Waals surface area contributed by atoms with Gasteiger partial charge in [-0.05, 0) is 17.3 Å². The molecule has 3 N–H and O–H groups in total. The lowest BCUT2D eigenvalue weighted by Crippen LogP contribution is -2.52. The standard InChI is InChI=1S/C20H28N4O4S/c1-18(2,3)14(25)22-16-23-24(15(26)19(4,5)6)20(29-16,12-21-17(27)28)13-10-8-7-9-11-13/h7-11,21H,12H2,1-6H3,(H,27,28)(H,22,23,25). The van der Waals surface area contributed by atoms with Crippen LogP contribution in [0.5, 0.6) is 0 Å². The maximum Gasteiger partial charge on any atom is 0.404 e. The van der Waals surface area contributed by atoms with Crippen molar-refractivity contribution in [2.24, 2.45) is 15.9 Å². The zero-order valence-corrected chi connectivity index (χ0v) is 18.4. The maximum atomic E-state index is 13.2. The predicted molar refractivity (Wildman–Crippen MR) is 113 cm³/mol. The van der Waals surface area contributed by atoms with E-state index in [1.165, 1.54) is 5.01 Å². The quantitative estimate of drug-likeness (QED) is 0.696. The normalized spacial score (nSPS) is 19.5. The largest absolute Gasteiger partial charge is 0.465 e. The number of rotatable bonds is 3.